The summed E-state index contributed by atoms with van der Waals surface area (Å²) in [7, 11) is 0. The number of hydrogen-bond donors (Lipinski definition) is 1. The average Bonchev–Trinajstić information content (AvgIpc) is 1.90. The molecule has 0 saturated heterocycles. The summed E-state index contributed by atoms with van der Waals surface area (Å²) in [5.74, 6) is 0. The molecule has 0 aromatic carbocycles. The molecule has 0 aliphatic carbocycles. The molecule has 0 aliphatic rings. The summed E-state index contributed by atoms with van der Waals surface area (Å²) in [6, 6.07) is 0. The van der Waals surface area contributed by atoms with Gasteiger partial charge in [0.1, 0.15) is 0 Å². The molecule has 0 amide bonds. The van der Waals surface area contributed by atoms with E-state index in [-0.39, 0.29) is 24.0 Å². The minimum atomic E-state index is 0. The smallest absolute Gasteiger partial charge is 0.319 e. The maximum absolute atomic E-state index is 5.64. The van der Waals surface area contributed by atoms with E-state index in [1.54, 1.807) is 11.4 Å². The van der Waals surface area contributed by atoms with Crippen molar-refractivity contribution >= 4 is 16.5 Å². The monoisotopic (exact) mass is 274 g/mol. The van der Waals surface area contributed by atoms with E-state index in [1.807, 2.05) is 6.26 Å². The third kappa shape index (κ3) is 4.54. The van der Waals surface area contributed by atoms with Crippen LogP contribution in [0.4, 0.5) is 0 Å². The van der Waals surface area contributed by atoms with Crippen molar-refractivity contribution in [2.45, 2.75) is 13.8 Å². The van der Waals surface area contributed by atoms with Crippen molar-refractivity contribution in [3.05, 3.63) is 0 Å². The van der Waals surface area contributed by atoms with Gasteiger partial charge in [-0.3, -0.25) is 0 Å². The Bertz CT molecular complexity index is 102. The Morgan fingerprint density at radius 1 is 1.40 bits per heavy atom. The molecule has 2 nitrogen and oxygen atoms in total. The lowest BCUT2D eigenvalue weighted by Gasteiger charge is -2.09. The van der Waals surface area contributed by atoms with Crippen molar-refractivity contribution in [1.82, 2.24) is 4.90 Å². The molecule has 0 aliphatic heterocycles. The van der Waals surface area contributed by atoms with Gasteiger partial charge in [0, 0.05) is 13.1 Å². The van der Waals surface area contributed by atoms with E-state index in [0.29, 0.717) is 0 Å². The highest BCUT2D eigenvalue weighted by atomic mass is 127. The van der Waals surface area contributed by atoms with Gasteiger partial charge in [0.2, 0.25) is 11.4 Å². The third-order valence-corrected chi connectivity index (χ3v) is 1.96. The number of halogens is 1. The first-order valence-corrected chi connectivity index (χ1v) is 4.40. The first-order valence-electron chi connectivity index (χ1n) is 3.17. The molecular formula is C6H15IN2S. The minimum Gasteiger partial charge on any atom is -1.00 e. The Kier molecular flexibility index (Phi) is 10.5. The number of nitrogens with two attached hydrogens (primary N) is 1. The second-order valence-electron chi connectivity index (χ2n) is 1.71. The fourth-order valence-corrected chi connectivity index (χ4v) is 1.18. The van der Waals surface area contributed by atoms with Crippen LogP contribution in [0.15, 0.2) is 0 Å². The van der Waals surface area contributed by atoms with Gasteiger partial charge in [-0.2, -0.15) is 0 Å². The van der Waals surface area contributed by atoms with Crippen molar-refractivity contribution in [2.24, 2.45) is 5.73 Å². The van der Waals surface area contributed by atoms with Gasteiger partial charge in [-0.1, -0.05) is 13.8 Å². The van der Waals surface area contributed by atoms with Crippen LogP contribution in [0.25, 0.3) is 0 Å². The van der Waals surface area contributed by atoms with Crippen molar-refractivity contribution < 1.29 is 24.0 Å². The number of nitrogens with zero attached hydrogens (tertiary/aromatic N) is 1. The molecule has 10 heavy (non-hydrogen) atoms. The molecule has 0 aromatic rings. The Morgan fingerprint density at radius 2 is 1.80 bits per heavy atom. The SMILES string of the molecule is CCN(CC)/C(N)=[S+]/C.[I-]. The first kappa shape index (κ1) is 13.3. The average molecular weight is 274 g/mol. The van der Waals surface area contributed by atoms with Gasteiger partial charge in [0.25, 0.3) is 0 Å². The van der Waals surface area contributed by atoms with Crippen LogP contribution in [0, 0.1) is 0 Å². The highest BCUT2D eigenvalue weighted by molar-refractivity contribution is 7.77. The lowest BCUT2D eigenvalue weighted by molar-refractivity contribution is -0.00000221. The molecule has 0 saturated carbocycles. The second kappa shape index (κ2) is 7.84. The third-order valence-electron chi connectivity index (χ3n) is 1.28. The van der Waals surface area contributed by atoms with Gasteiger partial charge in [0.05, 0.1) is 0 Å². The molecular weight excluding hydrogens is 259 g/mol. The largest absolute Gasteiger partial charge is 1.00 e. The van der Waals surface area contributed by atoms with Gasteiger partial charge in [-0.05, 0) is 0 Å². The van der Waals surface area contributed by atoms with E-state index in [9.17, 15) is 0 Å². The molecule has 62 valence electrons. The van der Waals surface area contributed by atoms with Crippen LogP contribution in [-0.2, 0) is 11.4 Å². The summed E-state index contributed by atoms with van der Waals surface area (Å²) in [5, 5.41) is 0.917. The molecule has 0 unspecified atom stereocenters. The van der Waals surface area contributed by atoms with Crippen molar-refractivity contribution in [1.29, 1.82) is 0 Å². The zero-order valence-corrected chi connectivity index (χ0v) is 9.70. The van der Waals surface area contributed by atoms with Crippen LogP contribution < -0.4 is 29.7 Å². The van der Waals surface area contributed by atoms with Crippen molar-refractivity contribution in [3.8, 4) is 0 Å². The van der Waals surface area contributed by atoms with Crippen LogP contribution in [0.2, 0.25) is 0 Å². The Balaban J connectivity index is 0. The summed E-state index contributed by atoms with van der Waals surface area (Å²) in [4.78, 5) is 2.13. The molecule has 4 heteroatoms. The van der Waals surface area contributed by atoms with Crippen LogP contribution in [0.3, 0.4) is 0 Å². The predicted molar refractivity (Wildman–Crippen MR) is 45.4 cm³/mol. The summed E-state index contributed by atoms with van der Waals surface area (Å²) < 4.78 is 0. The predicted octanol–water partition coefficient (Wildman–Crippen LogP) is -2.91. The summed E-state index contributed by atoms with van der Waals surface area (Å²) in [6.07, 6.45) is 1.99. The first-order chi connectivity index (χ1) is 4.26. The molecule has 0 rings (SSSR count). The fourth-order valence-electron chi connectivity index (χ4n) is 0.664. The molecule has 0 bridgehead atoms. The van der Waals surface area contributed by atoms with E-state index in [0.717, 1.165) is 18.2 Å². The lowest BCUT2D eigenvalue weighted by atomic mass is 10.6. The molecule has 0 fully saturated rings. The molecule has 0 atom stereocenters. The van der Waals surface area contributed by atoms with Gasteiger partial charge in [0.15, 0.2) is 6.26 Å². The Morgan fingerprint density at radius 3 is 1.90 bits per heavy atom. The van der Waals surface area contributed by atoms with E-state index < -0.39 is 0 Å². The zero-order chi connectivity index (χ0) is 7.28. The Hall–Kier alpha value is 0.740. The normalized spacial score (nSPS) is 11.5. The fraction of sp³-hybridized carbons (Fsp3) is 0.833. The van der Waals surface area contributed by atoms with Crippen molar-refractivity contribution in [2.75, 3.05) is 19.3 Å². The van der Waals surface area contributed by atoms with Gasteiger partial charge in [-0.15, -0.1) is 0 Å². The van der Waals surface area contributed by atoms with Gasteiger partial charge >= 0.3 is 5.11 Å². The zero-order valence-electron chi connectivity index (χ0n) is 6.72. The summed E-state index contributed by atoms with van der Waals surface area (Å²) in [5.41, 5.74) is 5.64. The van der Waals surface area contributed by atoms with E-state index in [2.05, 4.69) is 18.7 Å². The van der Waals surface area contributed by atoms with Gasteiger partial charge < -0.3 is 24.0 Å². The van der Waals surface area contributed by atoms with Crippen LogP contribution >= 0.6 is 0 Å². The molecule has 2 N–H and O–H groups in total. The minimum absolute atomic E-state index is 0. The molecule has 0 aromatic heterocycles. The standard InChI is InChI=1S/C6H15N2S.HI/c1-4-8(5-2)6(7)9-3;/h4-5,7H2,1-3H3;1H/q+1;/p-1. The van der Waals surface area contributed by atoms with E-state index >= 15 is 0 Å². The Labute approximate surface area is 84.1 Å². The van der Waals surface area contributed by atoms with E-state index in [1.165, 1.54) is 0 Å². The summed E-state index contributed by atoms with van der Waals surface area (Å²) in [6.45, 7) is 6.21. The quantitative estimate of drug-likeness (QED) is 0.332. The van der Waals surface area contributed by atoms with Crippen LogP contribution in [0.1, 0.15) is 13.8 Å². The second-order valence-corrected chi connectivity index (χ2v) is 2.54. The molecule has 0 radical (unpaired) electrons. The van der Waals surface area contributed by atoms with Crippen LogP contribution in [0.5, 0.6) is 0 Å². The highest BCUT2D eigenvalue weighted by Gasteiger charge is 2.08. The number of rotatable bonds is 2. The van der Waals surface area contributed by atoms with Crippen molar-refractivity contribution in [3.63, 3.8) is 0 Å². The van der Waals surface area contributed by atoms with Crippen LogP contribution in [-0.4, -0.2) is 29.4 Å². The number of hydrogen-bond acceptors (Lipinski definition) is 0. The summed E-state index contributed by atoms with van der Waals surface area (Å²) >= 11 is 1.60. The van der Waals surface area contributed by atoms with Gasteiger partial charge in [-0.25, -0.2) is 10.6 Å². The molecule has 0 heterocycles. The maximum Gasteiger partial charge on any atom is 0.319 e. The highest BCUT2D eigenvalue weighted by Crippen LogP contribution is 1.82. The molecule has 0 spiro atoms. The topological polar surface area (TPSA) is 29.3 Å². The lowest BCUT2D eigenvalue weighted by Crippen LogP contribution is -3.00. The maximum atomic E-state index is 5.64. The van der Waals surface area contributed by atoms with E-state index in [4.69, 9.17) is 5.73 Å².